The molecule has 0 spiro atoms. The summed E-state index contributed by atoms with van der Waals surface area (Å²) in [5.41, 5.74) is 0. The van der Waals surface area contributed by atoms with Gasteiger partial charge in [0.1, 0.15) is 5.75 Å². The van der Waals surface area contributed by atoms with E-state index in [2.05, 4.69) is 16.5 Å². The topological polar surface area (TPSA) is 49.5 Å². The third-order valence-electron chi connectivity index (χ3n) is 3.54. The lowest BCUT2D eigenvalue weighted by Crippen LogP contribution is -2.24. The summed E-state index contributed by atoms with van der Waals surface area (Å²) >= 11 is 0. The Morgan fingerprint density at radius 3 is 2.74 bits per heavy atom. The minimum absolute atomic E-state index is 0.321. The second-order valence-corrected chi connectivity index (χ2v) is 4.74. The van der Waals surface area contributed by atoms with E-state index in [1.165, 1.54) is 0 Å². The zero-order valence-electron chi connectivity index (χ0n) is 10.3. The van der Waals surface area contributed by atoms with Gasteiger partial charge >= 0.3 is 0 Å². The quantitative estimate of drug-likeness (QED) is 0.644. The third kappa shape index (κ3) is 1.50. The van der Waals surface area contributed by atoms with Crippen molar-refractivity contribution < 1.29 is 5.11 Å². The van der Waals surface area contributed by atoms with Crippen LogP contribution in [0.15, 0.2) is 47.7 Å². The molecule has 1 aliphatic heterocycles. The number of phenolic OH excluding ortho intramolecular Hbond substituents is 1. The molecule has 19 heavy (non-hydrogen) atoms. The van der Waals surface area contributed by atoms with Gasteiger partial charge in [-0.05, 0) is 11.5 Å². The molecule has 0 bridgehead atoms. The Morgan fingerprint density at radius 2 is 1.95 bits per heavy atom. The Kier molecular flexibility index (Phi) is 2.06. The molecular formula is C15H13N3O. The van der Waals surface area contributed by atoms with Crippen LogP contribution in [-0.2, 0) is 0 Å². The first-order chi connectivity index (χ1) is 9.33. The molecule has 1 aromatic heterocycles. The van der Waals surface area contributed by atoms with Crippen molar-refractivity contribution in [2.24, 2.45) is 4.99 Å². The fraction of sp³-hybridized carbons (Fsp3) is 0.133. The molecule has 4 rings (SSSR count). The van der Waals surface area contributed by atoms with E-state index >= 15 is 0 Å². The summed E-state index contributed by atoms with van der Waals surface area (Å²) in [6.07, 6.45) is 4.06. The Hall–Kier alpha value is -2.49. The zero-order valence-corrected chi connectivity index (χ0v) is 10.3. The molecule has 1 aliphatic rings. The van der Waals surface area contributed by atoms with Gasteiger partial charge in [0, 0.05) is 35.1 Å². The number of hydrogen-bond donors (Lipinski definition) is 2. The summed E-state index contributed by atoms with van der Waals surface area (Å²) in [7, 11) is 0. The molecule has 2 aromatic carbocycles. The van der Waals surface area contributed by atoms with Gasteiger partial charge in [-0.3, -0.25) is 9.56 Å². The van der Waals surface area contributed by atoms with Crippen molar-refractivity contribution in [3.63, 3.8) is 0 Å². The first-order valence-corrected chi connectivity index (χ1v) is 6.34. The second kappa shape index (κ2) is 3.75. The van der Waals surface area contributed by atoms with Crippen LogP contribution in [0, 0.1) is 0 Å². The predicted octanol–water partition coefficient (Wildman–Crippen LogP) is 2.31. The molecule has 0 amide bonds. The Balaban J connectivity index is 2.05. The van der Waals surface area contributed by atoms with Crippen molar-refractivity contribution in [2.45, 2.75) is 0 Å². The van der Waals surface area contributed by atoms with E-state index in [9.17, 15) is 5.11 Å². The third-order valence-corrected chi connectivity index (χ3v) is 3.54. The lowest BCUT2D eigenvalue weighted by atomic mass is 10.0. The van der Waals surface area contributed by atoms with E-state index < -0.39 is 0 Å². The summed E-state index contributed by atoms with van der Waals surface area (Å²) < 4.78 is 1.99. The average molecular weight is 251 g/mol. The highest BCUT2D eigenvalue weighted by atomic mass is 16.3. The first kappa shape index (κ1) is 10.4. The number of nitrogens with zero attached hydrogens (tertiary/aromatic N) is 2. The average Bonchev–Trinajstić information content (AvgIpc) is 3.07. The number of rotatable bonds is 0. The summed E-state index contributed by atoms with van der Waals surface area (Å²) in [4.78, 5) is 4.41. The molecule has 3 aromatic rings. The van der Waals surface area contributed by atoms with Crippen molar-refractivity contribution in [1.82, 2.24) is 9.88 Å². The number of fused-ring (bicyclic) bond motifs is 3. The fourth-order valence-corrected chi connectivity index (χ4v) is 2.66. The van der Waals surface area contributed by atoms with Crippen LogP contribution in [0.4, 0.5) is 0 Å². The Morgan fingerprint density at radius 1 is 1.11 bits per heavy atom. The van der Waals surface area contributed by atoms with Crippen LogP contribution < -0.4 is 5.32 Å². The first-order valence-electron chi connectivity index (χ1n) is 6.34. The van der Waals surface area contributed by atoms with Crippen LogP contribution in [0.25, 0.3) is 21.5 Å². The number of aromatic nitrogens is 1. The molecule has 0 fully saturated rings. The molecule has 4 heteroatoms. The van der Waals surface area contributed by atoms with Crippen molar-refractivity contribution in [1.29, 1.82) is 0 Å². The van der Waals surface area contributed by atoms with Gasteiger partial charge in [-0.2, -0.15) is 0 Å². The van der Waals surface area contributed by atoms with Crippen LogP contribution in [0.5, 0.6) is 5.75 Å². The summed E-state index contributed by atoms with van der Waals surface area (Å²) in [5.74, 6) is 1.20. The maximum Gasteiger partial charge on any atom is 0.202 e. The highest BCUT2D eigenvalue weighted by molar-refractivity contribution is 6.11. The number of aliphatic imine (C=N–C) groups is 1. The number of nitrogens with one attached hydrogen (secondary N) is 1. The molecular weight excluding hydrogens is 238 g/mol. The largest absolute Gasteiger partial charge is 0.507 e. The molecule has 4 nitrogen and oxygen atoms in total. The van der Waals surface area contributed by atoms with Gasteiger partial charge in [0.15, 0.2) is 0 Å². The Bertz CT molecular complexity index is 817. The van der Waals surface area contributed by atoms with Gasteiger partial charge < -0.3 is 10.4 Å². The van der Waals surface area contributed by atoms with E-state index in [1.807, 2.05) is 41.1 Å². The van der Waals surface area contributed by atoms with E-state index in [-0.39, 0.29) is 0 Å². The highest BCUT2D eigenvalue weighted by Gasteiger charge is 2.11. The molecule has 0 radical (unpaired) electrons. The minimum atomic E-state index is 0.321. The van der Waals surface area contributed by atoms with Gasteiger partial charge in [0.05, 0.1) is 6.54 Å². The standard InChI is InChI=1S/C15H13N3O/c19-14-7-10-8-18(15-16-5-6-17-15)9-13(10)11-3-1-2-4-12(11)14/h1-4,7-9,19H,5-6H2,(H,16,17). The molecule has 2 heterocycles. The minimum Gasteiger partial charge on any atom is -0.507 e. The SMILES string of the molecule is Oc1cc2cn(C3=NCCN3)cc2c2ccccc12. The number of aromatic hydroxyl groups is 1. The number of phenols is 1. The highest BCUT2D eigenvalue weighted by Crippen LogP contribution is 2.33. The lowest BCUT2D eigenvalue weighted by molar-refractivity contribution is 0.482. The maximum absolute atomic E-state index is 10.1. The van der Waals surface area contributed by atoms with Gasteiger partial charge in [0.2, 0.25) is 5.96 Å². The van der Waals surface area contributed by atoms with Gasteiger partial charge in [-0.15, -0.1) is 0 Å². The molecule has 94 valence electrons. The van der Waals surface area contributed by atoms with Crippen LogP contribution in [0.1, 0.15) is 0 Å². The normalized spacial score (nSPS) is 14.8. The predicted molar refractivity (Wildman–Crippen MR) is 76.8 cm³/mol. The molecule has 0 aliphatic carbocycles. The van der Waals surface area contributed by atoms with E-state index in [0.29, 0.717) is 5.75 Å². The van der Waals surface area contributed by atoms with Crippen LogP contribution in [-0.4, -0.2) is 28.7 Å². The molecule has 0 saturated heterocycles. The smallest absolute Gasteiger partial charge is 0.202 e. The maximum atomic E-state index is 10.1. The van der Waals surface area contributed by atoms with Gasteiger partial charge in [-0.1, -0.05) is 24.3 Å². The monoisotopic (exact) mass is 251 g/mol. The lowest BCUT2D eigenvalue weighted by Gasteiger charge is -2.02. The molecule has 2 N–H and O–H groups in total. The van der Waals surface area contributed by atoms with Crippen molar-refractivity contribution in [3.05, 3.63) is 42.7 Å². The van der Waals surface area contributed by atoms with Gasteiger partial charge in [-0.25, -0.2) is 0 Å². The molecule has 0 saturated carbocycles. The molecule has 0 atom stereocenters. The van der Waals surface area contributed by atoms with Gasteiger partial charge in [0.25, 0.3) is 0 Å². The zero-order chi connectivity index (χ0) is 12.8. The van der Waals surface area contributed by atoms with Crippen LogP contribution in [0.3, 0.4) is 0 Å². The van der Waals surface area contributed by atoms with Crippen molar-refractivity contribution in [3.8, 4) is 5.75 Å². The van der Waals surface area contributed by atoms with E-state index in [0.717, 1.165) is 40.6 Å². The summed E-state index contributed by atoms with van der Waals surface area (Å²) in [6.45, 7) is 1.70. The van der Waals surface area contributed by atoms with E-state index in [1.54, 1.807) is 0 Å². The summed E-state index contributed by atoms with van der Waals surface area (Å²) in [5, 5.41) is 17.4. The fourth-order valence-electron chi connectivity index (χ4n) is 2.66. The van der Waals surface area contributed by atoms with Crippen LogP contribution in [0.2, 0.25) is 0 Å². The Labute approximate surface area is 110 Å². The second-order valence-electron chi connectivity index (χ2n) is 4.74. The number of benzene rings is 2. The molecule has 0 unspecified atom stereocenters. The number of hydrogen-bond acceptors (Lipinski definition) is 3. The van der Waals surface area contributed by atoms with Crippen LogP contribution >= 0.6 is 0 Å². The summed E-state index contributed by atoms with van der Waals surface area (Å²) in [6, 6.07) is 9.71. The van der Waals surface area contributed by atoms with E-state index in [4.69, 9.17) is 0 Å². The van der Waals surface area contributed by atoms with Crippen molar-refractivity contribution >= 4 is 27.5 Å². The van der Waals surface area contributed by atoms with Crippen molar-refractivity contribution in [2.75, 3.05) is 13.1 Å².